The normalized spacial score (nSPS) is 19.8. The quantitative estimate of drug-likeness (QED) is 0.759. The van der Waals surface area contributed by atoms with Crippen LogP contribution in [0.3, 0.4) is 0 Å². The topological polar surface area (TPSA) is 95.9 Å². The van der Waals surface area contributed by atoms with Gasteiger partial charge in [0.2, 0.25) is 5.91 Å². The molecule has 2 amide bonds. The first-order chi connectivity index (χ1) is 9.60. The summed E-state index contributed by atoms with van der Waals surface area (Å²) in [7, 11) is 0. The summed E-state index contributed by atoms with van der Waals surface area (Å²) >= 11 is 0. The molecule has 0 spiro atoms. The lowest BCUT2D eigenvalue weighted by molar-refractivity contribution is -0.132. The zero-order chi connectivity index (χ0) is 16.2. The Labute approximate surface area is 123 Å². The number of aliphatic carboxylic acids is 1. The van der Waals surface area contributed by atoms with E-state index in [4.69, 9.17) is 9.84 Å². The molecule has 0 aliphatic carbocycles. The zero-order valence-corrected chi connectivity index (χ0v) is 12.8. The van der Waals surface area contributed by atoms with E-state index in [2.05, 4.69) is 5.32 Å². The van der Waals surface area contributed by atoms with Crippen LogP contribution >= 0.6 is 0 Å². The lowest BCUT2D eigenvalue weighted by Crippen LogP contribution is -2.59. The van der Waals surface area contributed by atoms with Crippen LogP contribution < -0.4 is 5.32 Å². The number of carboxylic acids is 1. The van der Waals surface area contributed by atoms with Crippen LogP contribution in [0.1, 0.15) is 34.1 Å². The average Bonchev–Trinajstić information content (AvgIpc) is 2.21. The number of carbonyl (C=O) groups is 3. The Kier molecular flexibility index (Phi) is 5.34. The molecule has 0 aromatic heterocycles. The van der Waals surface area contributed by atoms with E-state index in [0.717, 1.165) is 6.08 Å². The molecule has 1 aliphatic rings. The van der Waals surface area contributed by atoms with Gasteiger partial charge >= 0.3 is 12.1 Å². The van der Waals surface area contributed by atoms with E-state index in [1.807, 2.05) is 0 Å². The first kappa shape index (κ1) is 17.0. The number of carbonyl (C=O) groups excluding carboxylic acids is 2. The number of hydrogen-bond acceptors (Lipinski definition) is 4. The standard InChI is InChI=1S/C14H22N2O5/c1-9(5-6-11(17)18)15-12(19)10-7-8-16(10)13(20)21-14(2,3)4/h5-6,9-10H,7-8H2,1-4H3,(H,15,19)(H,17,18). The second-order valence-electron chi connectivity index (χ2n) is 5.97. The molecule has 21 heavy (non-hydrogen) atoms. The Bertz CT molecular complexity index is 453. The minimum Gasteiger partial charge on any atom is -0.478 e. The van der Waals surface area contributed by atoms with Gasteiger partial charge in [-0.15, -0.1) is 0 Å². The third-order valence-corrected chi connectivity index (χ3v) is 2.85. The van der Waals surface area contributed by atoms with Crippen molar-refractivity contribution in [2.75, 3.05) is 6.54 Å². The second kappa shape index (κ2) is 6.60. The molecule has 0 aromatic carbocycles. The van der Waals surface area contributed by atoms with E-state index >= 15 is 0 Å². The van der Waals surface area contributed by atoms with E-state index in [9.17, 15) is 14.4 Å². The van der Waals surface area contributed by atoms with Gasteiger partial charge in [0.1, 0.15) is 11.6 Å². The highest BCUT2D eigenvalue weighted by atomic mass is 16.6. The Balaban J connectivity index is 2.52. The monoisotopic (exact) mass is 298 g/mol. The molecule has 0 radical (unpaired) electrons. The van der Waals surface area contributed by atoms with Crippen molar-refractivity contribution < 1.29 is 24.2 Å². The first-order valence-corrected chi connectivity index (χ1v) is 6.81. The molecule has 2 atom stereocenters. The van der Waals surface area contributed by atoms with Gasteiger partial charge in [0.05, 0.1) is 0 Å². The Hall–Kier alpha value is -2.05. The van der Waals surface area contributed by atoms with E-state index < -0.39 is 29.7 Å². The lowest BCUT2D eigenvalue weighted by atomic mass is 10.0. The van der Waals surface area contributed by atoms with Crippen LogP contribution in [0.15, 0.2) is 12.2 Å². The minimum absolute atomic E-state index is 0.311. The number of likely N-dealkylation sites (tertiary alicyclic amines) is 1. The lowest BCUT2D eigenvalue weighted by Gasteiger charge is -2.40. The molecule has 2 N–H and O–H groups in total. The number of rotatable bonds is 4. The molecule has 1 saturated heterocycles. The molecule has 0 saturated carbocycles. The molecule has 118 valence electrons. The van der Waals surface area contributed by atoms with Crippen LogP contribution in [0.5, 0.6) is 0 Å². The van der Waals surface area contributed by atoms with Crippen molar-refractivity contribution >= 4 is 18.0 Å². The number of hydrogen-bond donors (Lipinski definition) is 2. The fourth-order valence-electron chi connectivity index (χ4n) is 1.79. The summed E-state index contributed by atoms with van der Waals surface area (Å²) in [5.74, 6) is -1.38. The number of nitrogens with one attached hydrogen (secondary N) is 1. The van der Waals surface area contributed by atoms with E-state index in [1.54, 1.807) is 27.7 Å². The fourth-order valence-corrected chi connectivity index (χ4v) is 1.79. The molecular formula is C14H22N2O5. The van der Waals surface area contributed by atoms with Gasteiger partial charge in [-0.05, 0) is 34.1 Å². The van der Waals surface area contributed by atoms with Crippen LogP contribution in [0.4, 0.5) is 4.79 Å². The van der Waals surface area contributed by atoms with Crippen molar-refractivity contribution in [3.63, 3.8) is 0 Å². The Morgan fingerprint density at radius 3 is 2.43 bits per heavy atom. The SMILES string of the molecule is CC(C=CC(=O)O)NC(=O)C1CCN1C(=O)OC(C)(C)C. The van der Waals surface area contributed by atoms with Crippen LogP contribution in [-0.2, 0) is 14.3 Å². The zero-order valence-electron chi connectivity index (χ0n) is 12.8. The van der Waals surface area contributed by atoms with Crippen LogP contribution in [0, 0.1) is 0 Å². The summed E-state index contributed by atoms with van der Waals surface area (Å²) in [6, 6.07) is -0.977. The Morgan fingerprint density at radius 1 is 1.38 bits per heavy atom. The summed E-state index contributed by atoms with van der Waals surface area (Å²) in [6.45, 7) is 7.43. The summed E-state index contributed by atoms with van der Waals surface area (Å²) < 4.78 is 5.22. The molecule has 0 bridgehead atoms. The summed E-state index contributed by atoms with van der Waals surface area (Å²) in [4.78, 5) is 35.7. The molecule has 0 aromatic rings. The fraction of sp³-hybridized carbons (Fsp3) is 0.643. The third kappa shape index (κ3) is 5.45. The minimum atomic E-state index is -1.07. The van der Waals surface area contributed by atoms with Gasteiger partial charge in [-0.25, -0.2) is 9.59 Å². The molecule has 1 rings (SSSR count). The number of ether oxygens (including phenoxy) is 1. The molecule has 7 heteroatoms. The molecule has 7 nitrogen and oxygen atoms in total. The highest BCUT2D eigenvalue weighted by Gasteiger charge is 2.39. The molecular weight excluding hydrogens is 276 g/mol. The maximum Gasteiger partial charge on any atom is 0.410 e. The smallest absolute Gasteiger partial charge is 0.410 e. The molecule has 1 heterocycles. The summed E-state index contributed by atoms with van der Waals surface area (Å²) in [5, 5.41) is 11.2. The third-order valence-electron chi connectivity index (χ3n) is 2.85. The van der Waals surface area contributed by atoms with E-state index in [1.165, 1.54) is 11.0 Å². The van der Waals surface area contributed by atoms with Gasteiger partial charge in [-0.1, -0.05) is 6.08 Å². The molecule has 1 fully saturated rings. The van der Waals surface area contributed by atoms with Gasteiger partial charge in [0, 0.05) is 18.7 Å². The summed E-state index contributed by atoms with van der Waals surface area (Å²) in [5.41, 5.74) is -0.606. The van der Waals surface area contributed by atoms with Crippen molar-refractivity contribution in [2.45, 2.75) is 51.8 Å². The van der Waals surface area contributed by atoms with Gasteiger partial charge in [0.15, 0.2) is 0 Å². The predicted octanol–water partition coefficient (Wildman–Crippen LogP) is 1.14. The van der Waals surface area contributed by atoms with Gasteiger partial charge in [-0.3, -0.25) is 9.69 Å². The van der Waals surface area contributed by atoms with Crippen molar-refractivity contribution in [3.8, 4) is 0 Å². The largest absolute Gasteiger partial charge is 0.478 e. The molecule has 1 aliphatic heterocycles. The highest BCUT2D eigenvalue weighted by molar-refractivity contribution is 5.87. The van der Waals surface area contributed by atoms with E-state index in [0.29, 0.717) is 13.0 Å². The first-order valence-electron chi connectivity index (χ1n) is 6.81. The number of nitrogens with zero attached hydrogens (tertiary/aromatic N) is 1. The van der Waals surface area contributed by atoms with Crippen molar-refractivity contribution in [1.29, 1.82) is 0 Å². The van der Waals surface area contributed by atoms with Crippen molar-refractivity contribution in [1.82, 2.24) is 10.2 Å². The van der Waals surface area contributed by atoms with Crippen LogP contribution in [-0.4, -0.2) is 52.2 Å². The van der Waals surface area contributed by atoms with Crippen molar-refractivity contribution in [2.24, 2.45) is 0 Å². The number of carboxylic acid groups (broad SMARTS) is 1. The Morgan fingerprint density at radius 2 is 2.00 bits per heavy atom. The van der Waals surface area contributed by atoms with Crippen LogP contribution in [0.2, 0.25) is 0 Å². The summed E-state index contributed by atoms with van der Waals surface area (Å²) in [6.07, 6.45) is 2.40. The highest BCUT2D eigenvalue weighted by Crippen LogP contribution is 2.21. The predicted molar refractivity (Wildman–Crippen MR) is 75.7 cm³/mol. The van der Waals surface area contributed by atoms with E-state index in [-0.39, 0.29) is 5.91 Å². The molecule has 2 unspecified atom stereocenters. The van der Waals surface area contributed by atoms with Gasteiger partial charge < -0.3 is 15.2 Å². The van der Waals surface area contributed by atoms with Gasteiger partial charge in [-0.2, -0.15) is 0 Å². The number of amides is 2. The van der Waals surface area contributed by atoms with Crippen LogP contribution in [0.25, 0.3) is 0 Å². The second-order valence-corrected chi connectivity index (χ2v) is 5.97. The van der Waals surface area contributed by atoms with Gasteiger partial charge in [0.25, 0.3) is 0 Å². The maximum absolute atomic E-state index is 12.0. The van der Waals surface area contributed by atoms with Crippen molar-refractivity contribution in [3.05, 3.63) is 12.2 Å². The maximum atomic E-state index is 12.0. The average molecular weight is 298 g/mol.